The molecule has 3 heteroatoms. The van der Waals surface area contributed by atoms with Crippen molar-refractivity contribution in [3.05, 3.63) is 65.2 Å². The largest absolute Gasteiger partial charge is 0.392 e. The number of thioether (sulfide) groups is 1. The van der Waals surface area contributed by atoms with Crippen LogP contribution in [0.3, 0.4) is 0 Å². The quantitative estimate of drug-likeness (QED) is 0.793. The second-order valence-electron chi connectivity index (χ2n) is 4.44. The molecule has 19 heavy (non-hydrogen) atoms. The van der Waals surface area contributed by atoms with Crippen LogP contribution in [0.4, 0.5) is 0 Å². The van der Waals surface area contributed by atoms with Gasteiger partial charge in [0.25, 0.3) is 0 Å². The second kappa shape index (κ2) is 7.34. The van der Waals surface area contributed by atoms with E-state index >= 15 is 0 Å². The van der Waals surface area contributed by atoms with Gasteiger partial charge in [-0.2, -0.15) is 0 Å². The first-order valence-corrected chi connectivity index (χ1v) is 7.35. The summed E-state index contributed by atoms with van der Waals surface area (Å²) in [5, 5.41) is 12.2. The summed E-state index contributed by atoms with van der Waals surface area (Å²) in [6.07, 6.45) is 0. The lowest BCUT2D eigenvalue weighted by atomic mass is 10.2. The Morgan fingerprint density at radius 2 is 1.74 bits per heavy atom. The highest BCUT2D eigenvalue weighted by Gasteiger charge is 1.99. The van der Waals surface area contributed by atoms with Crippen LogP contribution in [0.1, 0.15) is 16.7 Å². The summed E-state index contributed by atoms with van der Waals surface area (Å²) in [4.78, 5) is 1.29. The summed E-state index contributed by atoms with van der Waals surface area (Å²) in [7, 11) is 1.96. The van der Waals surface area contributed by atoms with Gasteiger partial charge in [-0.15, -0.1) is 11.8 Å². The Bertz CT molecular complexity index is 510. The van der Waals surface area contributed by atoms with E-state index in [0.29, 0.717) is 0 Å². The first-order chi connectivity index (χ1) is 9.31. The molecule has 0 amide bonds. The van der Waals surface area contributed by atoms with E-state index in [-0.39, 0.29) is 6.61 Å². The van der Waals surface area contributed by atoms with Crippen molar-refractivity contribution in [1.29, 1.82) is 0 Å². The Kier molecular flexibility index (Phi) is 5.45. The third-order valence-electron chi connectivity index (χ3n) is 2.89. The van der Waals surface area contributed by atoms with Gasteiger partial charge < -0.3 is 10.4 Å². The Morgan fingerprint density at radius 1 is 1.00 bits per heavy atom. The molecule has 2 nitrogen and oxygen atoms in total. The molecule has 0 fully saturated rings. The van der Waals surface area contributed by atoms with Gasteiger partial charge in [0.05, 0.1) is 6.61 Å². The van der Waals surface area contributed by atoms with Gasteiger partial charge >= 0.3 is 0 Å². The van der Waals surface area contributed by atoms with E-state index in [0.717, 1.165) is 17.9 Å². The summed E-state index contributed by atoms with van der Waals surface area (Å²) >= 11 is 1.84. The SMILES string of the molecule is CNCc1cccc(SCc2ccc(CO)cc2)c1. The normalized spacial score (nSPS) is 10.6. The van der Waals surface area contributed by atoms with Crippen LogP contribution in [0, 0.1) is 0 Å². The molecule has 2 N–H and O–H groups in total. The molecule has 100 valence electrons. The van der Waals surface area contributed by atoms with E-state index < -0.39 is 0 Å². The molecule has 0 aliphatic heterocycles. The summed E-state index contributed by atoms with van der Waals surface area (Å²) in [5.41, 5.74) is 3.55. The van der Waals surface area contributed by atoms with Gasteiger partial charge in [-0.05, 0) is 35.9 Å². The van der Waals surface area contributed by atoms with Crippen molar-refractivity contribution >= 4 is 11.8 Å². The topological polar surface area (TPSA) is 32.3 Å². The zero-order valence-electron chi connectivity index (χ0n) is 11.1. The molecule has 2 aromatic rings. The number of aliphatic hydroxyl groups is 1. The fourth-order valence-electron chi connectivity index (χ4n) is 1.86. The first-order valence-electron chi connectivity index (χ1n) is 6.37. The highest BCUT2D eigenvalue weighted by atomic mass is 32.2. The zero-order valence-corrected chi connectivity index (χ0v) is 11.9. The molecule has 0 saturated carbocycles. The van der Waals surface area contributed by atoms with Crippen LogP contribution in [0.2, 0.25) is 0 Å². The molecule has 2 rings (SSSR count). The molecule has 0 aromatic heterocycles. The lowest BCUT2D eigenvalue weighted by Gasteiger charge is -2.05. The Morgan fingerprint density at radius 3 is 2.42 bits per heavy atom. The van der Waals surface area contributed by atoms with Gasteiger partial charge in [-0.1, -0.05) is 36.4 Å². The number of benzene rings is 2. The predicted molar refractivity (Wildman–Crippen MR) is 81.1 cm³/mol. The van der Waals surface area contributed by atoms with Crippen molar-refractivity contribution in [3.8, 4) is 0 Å². The van der Waals surface area contributed by atoms with Gasteiger partial charge in [0.15, 0.2) is 0 Å². The van der Waals surface area contributed by atoms with E-state index in [9.17, 15) is 0 Å². The smallest absolute Gasteiger partial charge is 0.0681 e. The van der Waals surface area contributed by atoms with Crippen molar-refractivity contribution in [2.45, 2.75) is 23.8 Å². The van der Waals surface area contributed by atoms with Crippen LogP contribution < -0.4 is 5.32 Å². The molecule has 0 atom stereocenters. The summed E-state index contributed by atoms with van der Waals surface area (Å²) in [5.74, 6) is 0.953. The minimum Gasteiger partial charge on any atom is -0.392 e. The maximum atomic E-state index is 9.01. The van der Waals surface area contributed by atoms with Gasteiger partial charge in [0.1, 0.15) is 0 Å². The minimum absolute atomic E-state index is 0.111. The van der Waals surface area contributed by atoms with E-state index in [1.165, 1.54) is 16.0 Å². The lowest BCUT2D eigenvalue weighted by molar-refractivity contribution is 0.282. The average Bonchev–Trinajstić information content (AvgIpc) is 2.46. The monoisotopic (exact) mass is 273 g/mol. The van der Waals surface area contributed by atoms with Gasteiger partial charge in [0, 0.05) is 17.2 Å². The van der Waals surface area contributed by atoms with Crippen molar-refractivity contribution in [3.63, 3.8) is 0 Å². The van der Waals surface area contributed by atoms with Crippen LogP contribution >= 0.6 is 11.8 Å². The predicted octanol–water partition coefficient (Wildman–Crippen LogP) is 3.19. The van der Waals surface area contributed by atoms with E-state index in [1.54, 1.807) is 0 Å². The number of aliphatic hydroxyl groups excluding tert-OH is 1. The third-order valence-corrected chi connectivity index (χ3v) is 3.96. The van der Waals surface area contributed by atoms with Crippen LogP contribution in [0.25, 0.3) is 0 Å². The number of rotatable bonds is 6. The van der Waals surface area contributed by atoms with Crippen molar-refractivity contribution in [2.75, 3.05) is 7.05 Å². The molecule has 0 bridgehead atoms. The Labute approximate surface area is 118 Å². The maximum Gasteiger partial charge on any atom is 0.0681 e. The molecule has 2 aromatic carbocycles. The summed E-state index contributed by atoms with van der Waals surface area (Å²) in [6, 6.07) is 16.7. The van der Waals surface area contributed by atoms with E-state index in [4.69, 9.17) is 5.11 Å². The van der Waals surface area contributed by atoms with Crippen LogP contribution in [0.15, 0.2) is 53.4 Å². The van der Waals surface area contributed by atoms with E-state index in [2.05, 4.69) is 41.7 Å². The molecule has 0 unspecified atom stereocenters. The molecule has 0 radical (unpaired) electrons. The average molecular weight is 273 g/mol. The molecular formula is C16H19NOS. The Balaban J connectivity index is 1.95. The molecule has 0 aliphatic rings. The van der Waals surface area contributed by atoms with Crippen molar-refractivity contribution in [2.24, 2.45) is 0 Å². The lowest BCUT2D eigenvalue weighted by Crippen LogP contribution is -2.04. The van der Waals surface area contributed by atoms with Gasteiger partial charge in [-0.25, -0.2) is 0 Å². The number of hydrogen-bond acceptors (Lipinski definition) is 3. The molecule has 0 aliphatic carbocycles. The van der Waals surface area contributed by atoms with Crippen molar-refractivity contribution < 1.29 is 5.11 Å². The molecule has 0 saturated heterocycles. The number of nitrogens with one attached hydrogen (secondary N) is 1. The standard InChI is InChI=1S/C16H19NOS/c1-17-10-15-3-2-4-16(9-15)19-12-14-7-5-13(11-18)6-8-14/h2-9,17-18H,10-12H2,1H3. The van der Waals surface area contributed by atoms with Gasteiger partial charge in [0.2, 0.25) is 0 Å². The second-order valence-corrected chi connectivity index (χ2v) is 5.49. The van der Waals surface area contributed by atoms with Crippen LogP contribution in [0.5, 0.6) is 0 Å². The highest BCUT2D eigenvalue weighted by molar-refractivity contribution is 7.98. The van der Waals surface area contributed by atoms with E-state index in [1.807, 2.05) is 30.9 Å². The minimum atomic E-state index is 0.111. The maximum absolute atomic E-state index is 9.01. The van der Waals surface area contributed by atoms with Crippen molar-refractivity contribution in [1.82, 2.24) is 5.32 Å². The first kappa shape index (κ1) is 14.1. The van der Waals surface area contributed by atoms with Crippen LogP contribution in [-0.4, -0.2) is 12.2 Å². The number of hydrogen-bond donors (Lipinski definition) is 2. The molecule has 0 spiro atoms. The van der Waals surface area contributed by atoms with Crippen LogP contribution in [-0.2, 0) is 18.9 Å². The highest BCUT2D eigenvalue weighted by Crippen LogP contribution is 2.23. The molecular weight excluding hydrogens is 254 g/mol. The summed E-state index contributed by atoms with van der Waals surface area (Å²) < 4.78 is 0. The Hall–Kier alpha value is -1.29. The van der Waals surface area contributed by atoms with Gasteiger partial charge in [-0.3, -0.25) is 0 Å². The fraction of sp³-hybridized carbons (Fsp3) is 0.250. The zero-order chi connectivity index (χ0) is 13.5. The fourth-order valence-corrected chi connectivity index (χ4v) is 2.79. The molecule has 0 heterocycles. The third kappa shape index (κ3) is 4.39. The summed E-state index contributed by atoms with van der Waals surface area (Å²) in [6.45, 7) is 1.01.